The van der Waals surface area contributed by atoms with Crippen LogP contribution in [-0.4, -0.2) is 65.5 Å². The molecule has 1 unspecified atom stereocenters. The van der Waals surface area contributed by atoms with E-state index in [1.165, 1.54) is 0 Å². The molecule has 0 heterocycles. The molecule has 0 aliphatic carbocycles. The second kappa shape index (κ2) is 19.0. The van der Waals surface area contributed by atoms with Gasteiger partial charge in [0.2, 0.25) is 0 Å². The van der Waals surface area contributed by atoms with E-state index < -0.39 is 33.8 Å². The summed E-state index contributed by atoms with van der Waals surface area (Å²) < 4.78 is 37.3. The minimum Gasteiger partial charge on any atom is -0.494 e. The molecule has 1 atom stereocenters. The lowest BCUT2D eigenvalue weighted by Gasteiger charge is -2.42. The Bertz CT molecular complexity index is 1060. The maximum absolute atomic E-state index is 11.8. The molecule has 12 heteroatoms. The zero-order chi connectivity index (χ0) is 33.4. The summed E-state index contributed by atoms with van der Waals surface area (Å²) in [5.74, 6) is 0.190. The van der Waals surface area contributed by atoms with Crippen molar-refractivity contribution in [2.75, 3.05) is 19.8 Å². The largest absolute Gasteiger partial charge is 0.494 e. The van der Waals surface area contributed by atoms with E-state index in [0.29, 0.717) is 31.0 Å². The molecule has 0 saturated heterocycles. The first-order valence-electron chi connectivity index (χ1n) is 15.8. The van der Waals surface area contributed by atoms with Gasteiger partial charge in [0.1, 0.15) is 5.75 Å². The zero-order valence-electron chi connectivity index (χ0n) is 28.8. The Kier molecular flexibility index (Phi) is 17.4. The van der Waals surface area contributed by atoms with Crippen molar-refractivity contribution in [3.05, 3.63) is 54.6 Å². The Morgan fingerprint density at radius 2 is 1.11 bits per heavy atom. The average molecular weight is 683 g/mol. The van der Waals surface area contributed by atoms with Gasteiger partial charge in [-0.05, 0) is 109 Å². The van der Waals surface area contributed by atoms with Gasteiger partial charge in [-0.3, -0.25) is 0 Å². The molecule has 1 aromatic carbocycles. The van der Waals surface area contributed by atoms with Crippen LogP contribution in [0.25, 0.3) is 0 Å². The molecule has 0 N–H and O–H groups in total. The van der Waals surface area contributed by atoms with E-state index in [4.69, 9.17) is 26.6 Å². The third-order valence-corrected chi connectivity index (χ3v) is 23.0. The summed E-state index contributed by atoms with van der Waals surface area (Å²) in [7, 11) is -9.43. The van der Waals surface area contributed by atoms with Gasteiger partial charge in [0.25, 0.3) is 0 Å². The zero-order valence-corrected chi connectivity index (χ0v) is 32.8. The Labute approximate surface area is 271 Å². The van der Waals surface area contributed by atoms with Crippen molar-refractivity contribution >= 4 is 45.7 Å². The van der Waals surface area contributed by atoms with Crippen LogP contribution in [0.4, 0.5) is 0 Å². The van der Waals surface area contributed by atoms with Crippen molar-refractivity contribution in [3.8, 4) is 5.75 Å². The monoisotopic (exact) mass is 682 g/mol. The molecule has 1 aromatic rings. The highest BCUT2D eigenvalue weighted by atomic mass is 28.5. The first-order chi connectivity index (χ1) is 20.4. The fourth-order valence-corrected chi connectivity index (χ4v) is 24.8. The molecule has 0 aliphatic rings. The van der Waals surface area contributed by atoms with Crippen LogP contribution in [0.3, 0.4) is 0 Å². The topological polar surface area (TPSA) is 89.5 Å². The fourth-order valence-electron chi connectivity index (χ4n) is 5.02. The van der Waals surface area contributed by atoms with Gasteiger partial charge in [-0.2, -0.15) is 0 Å². The van der Waals surface area contributed by atoms with E-state index in [0.717, 1.165) is 56.0 Å². The van der Waals surface area contributed by atoms with Gasteiger partial charge in [0.15, 0.2) is 16.6 Å². The number of unbranched alkanes of at least 4 members (excludes halogenated alkanes) is 2. The Balaban J connectivity index is 2.81. The van der Waals surface area contributed by atoms with Crippen LogP contribution in [0.15, 0.2) is 54.6 Å². The van der Waals surface area contributed by atoms with Crippen molar-refractivity contribution in [3.63, 3.8) is 0 Å². The van der Waals surface area contributed by atoms with E-state index in [1.807, 2.05) is 30.3 Å². The molecular formula is C32H58O8Si4. The van der Waals surface area contributed by atoms with Gasteiger partial charge in [0.05, 0.1) is 19.8 Å². The first-order valence-corrected chi connectivity index (χ1v) is 27.4. The molecule has 0 spiro atoms. The normalized spacial score (nSPS) is 13.6. The van der Waals surface area contributed by atoms with E-state index in [9.17, 15) is 9.59 Å². The lowest BCUT2D eigenvalue weighted by atomic mass is 10.2. The minimum atomic E-state index is -2.63. The van der Waals surface area contributed by atoms with E-state index in [2.05, 4.69) is 59.0 Å². The van der Waals surface area contributed by atoms with Gasteiger partial charge in [-0.25, -0.2) is 9.59 Å². The highest BCUT2D eigenvalue weighted by Crippen LogP contribution is 2.31. The molecule has 44 heavy (non-hydrogen) atoms. The number of rotatable bonds is 23. The van der Waals surface area contributed by atoms with Gasteiger partial charge in [0, 0.05) is 11.1 Å². The van der Waals surface area contributed by atoms with Crippen LogP contribution in [0, 0.1) is 0 Å². The molecule has 0 amide bonds. The Hall–Kier alpha value is -1.81. The van der Waals surface area contributed by atoms with E-state index in [-0.39, 0.29) is 11.9 Å². The van der Waals surface area contributed by atoms with Gasteiger partial charge >= 0.3 is 29.1 Å². The van der Waals surface area contributed by atoms with Gasteiger partial charge in [-0.15, -0.1) is 0 Å². The molecule has 0 aliphatic heterocycles. The summed E-state index contributed by atoms with van der Waals surface area (Å²) in [6.07, 6.45) is 4.46. The number of benzene rings is 1. The molecule has 0 saturated carbocycles. The van der Waals surface area contributed by atoms with Crippen LogP contribution < -0.4 is 4.74 Å². The minimum absolute atomic E-state index is 0.352. The van der Waals surface area contributed by atoms with Crippen molar-refractivity contribution in [1.82, 2.24) is 0 Å². The lowest BCUT2D eigenvalue weighted by Crippen LogP contribution is -2.57. The third-order valence-electron chi connectivity index (χ3n) is 6.77. The molecule has 0 bridgehead atoms. The molecule has 0 radical (unpaired) electrons. The molecule has 0 aromatic heterocycles. The van der Waals surface area contributed by atoms with Crippen molar-refractivity contribution in [2.45, 2.75) is 110 Å². The number of esters is 2. The predicted molar refractivity (Wildman–Crippen MR) is 188 cm³/mol. The Morgan fingerprint density at radius 1 is 0.614 bits per heavy atom. The summed E-state index contributed by atoms with van der Waals surface area (Å²) in [5, 5.41) is 0. The fraction of sp³-hybridized carbons (Fsp3) is 0.625. The van der Waals surface area contributed by atoms with Crippen molar-refractivity contribution in [2.24, 2.45) is 0 Å². The average Bonchev–Trinajstić information content (AvgIpc) is 2.89. The van der Waals surface area contributed by atoms with E-state index >= 15 is 0 Å². The number of hydrogen-bond donors (Lipinski definition) is 0. The lowest BCUT2D eigenvalue weighted by molar-refractivity contribution is -0.139. The number of carbonyl (C=O) groups excluding carboxylic acids is 2. The van der Waals surface area contributed by atoms with Crippen LogP contribution in [0.1, 0.15) is 46.0 Å². The smallest absolute Gasteiger partial charge is 0.333 e. The quantitative estimate of drug-likeness (QED) is 0.0492. The van der Waals surface area contributed by atoms with Gasteiger partial charge < -0.3 is 26.6 Å². The number of para-hydroxylation sites is 1. The molecule has 250 valence electrons. The molecule has 8 nitrogen and oxygen atoms in total. The summed E-state index contributed by atoms with van der Waals surface area (Å²) in [6, 6.07) is 12.5. The summed E-state index contributed by atoms with van der Waals surface area (Å²) >= 11 is 0. The second-order valence-electron chi connectivity index (χ2n) is 13.4. The first kappa shape index (κ1) is 40.2. The molecule has 0 fully saturated rings. The molecule has 1 rings (SSSR count). The van der Waals surface area contributed by atoms with Crippen LogP contribution >= 0.6 is 0 Å². The summed E-state index contributed by atoms with van der Waals surface area (Å²) in [5.41, 5.74) is 0.818. The predicted octanol–water partition coefficient (Wildman–Crippen LogP) is 8.49. The summed E-state index contributed by atoms with van der Waals surface area (Å²) in [4.78, 5) is 23.5. The highest BCUT2D eigenvalue weighted by molar-refractivity contribution is 6.89. The number of hydrogen-bond acceptors (Lipinski definition) is 8. The van der Waals surface area contributed by atoms with Crippen molar-refractivity contribution in [1.29, 1.82) is 0 Å². The number of carbonyl (C=O) groups is 2. The third kappa shape index (κ3) is 18.2. The highest BCUT2D eigenvalue weighted by Gasteiger charge is 2.45. The van der Waals surface area contributed by atoms with Crippen LogP contribution in [0.2, 0.25) is 64.0 Å². The maximum atomic E-state index is 11.8. The van der Waals surface area contributed by atoms with Crippen molar-refractivity contribution < 1.29 is 36.1 Å². The van der Waals surface area contributed by atoms with Crippen LogP contribution in [0.5, 0.6) is 5.75 Å². The second-order valence-corrected chi connectivity index (χ2v) is 29.4. The van der Waals surface area contributed by atoms with Gasteiger partial charge in [-0.1, -0.05) is 44.2 Å². The van der Waals surface area contributed by atoms with E-state index in [1.54, 1.807) is 13.8 Å². The maximum Gasteiger partial charge on any atom is 0.333 e. The SMILES string of the molecule is C=C(C)C(=O)OCCC[Si](C)(C)O[Si](C)(C)O[Si](C)(CCCCCOc1ccccc1)O[Si](C)(C)CCCOC(=O)C(=C)C. The Morgan fingerprint density at radius 3 is 1.61 bits per heavy atom. The summed E-state index contributed by atoms with van der Waals surface area (Å²) in [6.45, 7) is 27.3. The van der Waals surface area contributed by atoms with Crippen LogP contribution in [-0.2, 0) is 31.4 Å². The number of ether oxygens (including phenoxy) is 3. The molecular weight excluding hydrogens is 625 g/mol. The standard InChI is InChI=1S/C32H58O8Si4/c1-28(2)31(33)36-23-18-25-41(5,6)38-43(9,10)40-44(11,27-17-13-16-22-35-30-20-14-12-15-21-30)39-42(7,8)26-19-24-37-32(34)29(3)4/h12,14-15,20-21H,1,3,13,16-19,22-27H2,2,4-11H3.